The summed E-state index contributed by atoms with van der Waals surface area (Å²) in [4.78, 5) is 15.9. The van der Waals surface area contributed by atoms with Gasteiger partial charge >= 0.3 is 6.61 Å². The van der Waals surface area contributed by atoms with E-state index in [1.54, 1.807) is 0 Å². The van der Waals surface area contributed by atoms with Gasteiger partial charge in [-0.3, -0.25) is 4.79 Å². The van der Waals surface area contributed by atoms with Gasteiger partial charge in [-0.15, -0.1) is 0 Å². The lowest BCUT2D eigenvalue weighted by Gasteiger charge is -2.12. The van der Waals surface area contributed by atoms with Crippen molar-refractivity contribution >= 4 is 34.8 Å². The third kappa shape index (κ3) is 4.43. The summed E-state index contributed by atoms with van der Waals surface area (Å²) in [6.07, 6.45) is 0. The van der Waals surface area contributed by atoms with E-state index in [0.717, 1.165) is 0 Å². The van der Waals surface area contributed by atoms with Crippen LogP contribution in [0.5, 0.6) is 11.5 Å². The van der Waals surface area contributed by atoms with Crippen molar-refractivity contribution in [1.82, 2.24) is 4.98 Å². The molecule has 1 heterocycles. The molecule has 0 bridgehead atoms. The van der Waals surface area contributed by atoms with E-state index in [1.807, 2.05) is 0 Å². The van der Waals surface area contributed by atoms with Crippen molar-refractivity contribution in [3.05, 3.63) is 46.2 Å². The number of pyridine rings is 1. The van der Waals surface area contributed by atoms with E-state index in [-0.39, 0.29) is 33.1 Å². The molecule has 0 atom stereocenters. The van der Waals surface area contributed by atoms with Crippen molar-refractivity contribution in [2.24, 2.45) is 0 Å². The monoisotopic (exact) mass is 362 g/mol. The highest BCUT2D eigenvalue weighted by atomic mass is 35.5. The number of halogens is 4. The second-order valence-corrected chi connectivity index (χ2v) is 4.92. The van der Waals surface area contributed by atoms with Gasteiger partial charge in [-0.05, 0) is 24.3 Å². The van der Waals surface area contributed by atoms with Crippen LogP contribution in [0.1, 0.15) is 10.4 Å². The Morgan fingerprint density at radius 2 is 1.96 bits per heavy atom. The van der Waals surface area contributed by atoms with Gasteiger partial charge in [0.15, 0.2) is 11.5 Å². The molecular formula is C14H10Cl2F2N2O3. The highest BCUT2D eigenvalue weighted by molar-refractivity contribution is 6.35. The zero-order valence-electron chi connectivity index (χ0n) is 11.6. The number of rotatable bonds is 5. The normalized spacial score (nSPS) is 10.5. The Morgan fingerprint density at radius 1 is 1.22 bits per heavy atom. The Balaban J connectivity index is 2.23. The van der Waals surface area contributed by atoms with E-state index in [2.05, 4.69) is 15.0 Å². The second kappa shape index (κ2) is 7.43. The first-order valence-corrected chi connectivity index (χ1v) is 6.92. The van der Waals surface area contributed by atoms with Crippen LogP contribution in [-0.2, 0) is 0 Å². The van der Waals surface area contributed by atoms with Gasteiger partial charge in [0.1, 0.15) is 10.3 Å². The van der Waals surface area contributed by atoms with E-state index < -0.39 is 12.5 Å². The molecule has 0 fully saturated rings. The van der Waals surface area contributed by atoms with E-state index in [9.17, 15) is 13.6 Å². The number of benzene rings is 1. The molecular weight excluding hydrogens is 353 g/mol. The lowest BCUT2D eigenvalue weighted by Crippen LogP contribution is -2.13. The maximum absolute atomic E-state index is 12.4. The Morgan fingerprint density at radius 3 is 2.57 bits per heavy atom. The molecule has 1 aromatic carbocycles. The van der Waals surface area contributed by atoms with Crippen molar-refractivity contribution in [3.8, 4) is 11.5 Å². The van der Waals surface area contributed by atoms with Crippen molar-refractivity contribution in [3.63, 3.8) is 0 Å². The Bertz CT molecular complexity index is 729. The number of hydrogen-bond acceptors (Lipinski definition) is 4. The summed E-state index contributed by atoms with van der Waals surface area (Å²) >= 11 is 11.5. The summed E-state index contributed by atoms with van der Waals surface area (Å²) in [5, 5.41) is 2.56. The third-order valence-electron chi connectivity index (χ3n) is 2.70. The van der Waals surface area contributed by atoms with E-state index >= 15 is 0 Å². The highest BCUT2D eigenvalue weighted by Crippen LogP contribution is 2.31. The molecule has 0 aliphatic heterocycles. The smallest absolute Gasteiger partial charge is 0.387 e. The van der Waals surface area contributed by atoms with E-state index in [1.165, 1.54) is 37.4 Å². The summed E-state index contributed by atoms with van der Waals surface area (Å²) < 4.78 is 34.0. The maximum Gasteiger partial charge on any atom is 0.387 e. The number of alkyl halides is 2. The molecule has 2 rings (SSSR count). The Kier molecular flexibility index (Phi) is 5.57. The first-order valence-electron chi connectivity index (χ1n) is 6.17. The number of carbonyl (C=O) groups excluding carboxylic acids is 1. The topological polar surface area (TPSA) is 60.5 Å². The Hall–Kier alpha value is -2.12. The zero-order valence-corrected chi connectivity index (χ0v) is 13.2. The maximum atomic E-state index is 12.4. The van der Waals surface area contributed by atoms with Crippen LogP contribution in [0.25, 0.3) is 0 Å². The van der Waals surface area contributed by atoms with Crippen molar-refractivity contribution < 1.29 is 23.0 Å². The number of methoxy groups -OCH3 is 1. The molecule has 0 radical (unpaired) electrons. The average Bonchev–Trinajstić information content (AvgIpc) is 2.46. The fourth-order valence-corrected chi connectivity index (χ4v) is 2.15. The summed E-state index contributed by atoms with van der Waals surface area (Å²) in [7, 11) is 1.31. The SMILES string of the molecule is COc1ccc(NC(=O)c2ccc(Cl)nc2Cl)cc1OC(F)F. The number of carbonyl (C=O) groups is 1. The van der Waals surface area contributed by atoms with Gasteiger partial charge in [0.25, 0.3) is 5.91 Å². The van der Waals surface area contributed by atoms with Gasteiger partial charge in [-0.25, -0.2) is 4.98 Å². The highest BCUT2D eigenvalue weighted by Gasteiger charge is 2.15. The van der Waals surface area contributed by atoms with Crippen LogP contribution >= 0.6 is 23.2 Å². The molecule has 0 saturated carbocycles. The van der Waals surface area contributed by atoms with Gasteiger partial charge < -0.3 is 14.8 Å². The molecule has 1 N–H and O–H groups in total. The number of aromatic nitrogens is 1. The molecule has 5 nitrogen and oxygen atoms in total. The van der Waals surface area contributed by atoms with Gasteiger partial charge in [-0.1, -0.05) is 23.2 Å². The second-order valence-electron chi connectivity index (χ2n) is 4.17. The minimum Gasteiger partial charge on any atom is -0.493 e. The van der Waals surface area contributed by atoms with E-state index in [0.29, 0.717) is 0 Å². The lowest BCUT2D eigenvalue weighted by atomic mass is 10.2. The Labute approximate surface area is 140 Å². The molecule has 2 aromatic rings. The number of anilines is 1. The van der Waals surface area contributed by atoms with Gasteiger partial charge in [0.2, 0.25) is 0 Å². The van der Waals surface area contributed by atoms with Gasteiger partial charge in [0.05, 0.1) is 12.7 Å². The van der Waals surface area contributed by atoms with Crippen LogP contribution in [-0.4, -0.2) is 24.6 Å². The molecule has 23 heavy (non-hydrogen) atoms. The quantitative estimate of drug-likeness (QED) is 0.807. The number of hydrogen-bond donors (Lipinski definition) is 1. The predicted octanol–water partition coefficient (Wildman–Crippen LogP) is 4.25. The van der Waals surface area contributed by atoms with Crippen molar-refractivity contribution in [2.75, 3.05) is 12.4 Å². The first kappa shape index (κ1) is 17.2. The average molecular weight is 363 g/mol. The van der Waals surface area contributed by atoms with Gasteiger partial charge in [-0.2, -0.15) is 8.78 Å². The predicted molar refractivity (Wildman–Crippen MR) is 81.8 cm³/mol. The number of nitrogens with one attached hydrogen (secondary N) is 1. The lowest BCUT2D eigenvalue weighted by molar-refractivity contribution is -0.0511. The van der Waals surface area contributed by atoms with Crippen LogP contribution < -0.4 is 14.8 Å². The fraction of sp³-hybridized carbons (Fsp3) is 0.143. The first-order chi connectivity index (χ1) is 10.9. The van der Waals surface area contributed by atoms with Crippen LogP contribution in [0.3, 0.4) is 0 Å². The number of nitrogens with zero attached hydrogens (tertiary/aromatic N) is 1. The molecule has 0 saturated heterocycles. The molecule has 9 heteroatoms. The zero-order chi connectivity index (χ0) is 17.0. The summed E-state index contributed by atoms with van der Waals surface area (Å²) in [5.41, 5.74) is 0.306. The molecule has 0 unspecified atom stereocenters. The minimum absolute atomic E-state index is 0.0763. The molecule has 0 aliphatic carbocycles. The summed E-state index contributed by atoms with van der Waals surface area (Å²) in [6.45, 7) is -3.02. The van der Waals surface area contributed by atoms with Crippen LogP contribution in [0.4, 0.5) is 14.5 Å². The largest absolute Gasteiger partial charge is 0.493 e. The summed E-state index contributed by atoms with van der Waals surface area (Å²) in [6, 6.07) is 6.86. The molecule has 0 aliphatic rings. The molecule has 1 aromatic heterocycles. The van der Waals surface area contributed by atoms with Crippen molar-refractivity contribution in [1.29, 1.82) is 0 Å². The van der Waals surface area contributed by atoms with Crippen molar-refractivity contribution in [2.45, 2.75) is 6.61 Å². The van der Waals surface area contributed by atoms with Crippen LogP contribution in [0, 0.1) is 0 Å². The standard InChI is InChI=1S/C14H10Cl2F2N2O3/c1-22-9-4-2-7(6-10(9)23-14(17)18)19-13(21)8-3-5-11(15)20-12(8)16/h2-6,14H,1H3,(H,19,21). The number of amides is 1. The number of ether oxygens (including phenoxy) is 2. The molecule has 1 amide bonds. The van der Waals surface area contributed by atoms with E-state index in [4.69, 9.17) is 27.9 Å². The molecule has 122 valence electrons. The van der Waals surface area contributed by atoms with Crippen LogP contribution in [0.2, 0.25) is 10.3 Å². The minimum atomic E-state index is -3.02. The fourth-order valence-electron chi connectivity index (χ4n) is 1.72. The van der Waals surface area contributed by atoms with Gasteiger partial charge in [0, 0.05) is 11.8 Å². The third-order valence-corrected chi connectivity index (χ3v) is 3.20. The summed E-state index contributed by atoms with van der Waals surface area (Å²) in [5.74, 6) is -0.678. The molecule has 0 spiro atoms. The van der Waals surface area contributed by atoms with Crippen LogP contribution in [0.15, 0.2) is 30.3 Å².